The third-order valence-electron chi connectivity index (χ3n) is 7.07. The number of nitrogens with zero attached hydrogens (tertiary/aromatic N) is 4. The second kappa shape index (κ2) is 6.53. The van der Waals surface area contributed by atoms with Crippen molar-refractivity contribution in [2.24, 2.45) is 5.92 Å². The molecule has 0 unspecified atom stereocenters. The lowest BCUT2D eigenvalue weighted by molar-refractivity contribution is 0.0162. The van der Waals surface area contributed by atoms with Crippen LogP contribution in [0.2, 0.25) is 0 Å². The zero-order chi connectivity index (χ0) is 21.1. The van der Waals surface area contributed by atoms with Crippen molar-refractivity contribution in [2.45, 2.75) is 50.5 Å². The van der Waals surface area contributed by atoms with Crippen LogP contribution in [-0.4, -0.2) is 34.5 Å². The maximum absolute atomic E-state index is 13.8. The number of hydrogen-bond donors (Lipinski definition) is 0. The van der Waals surface area contributed by atoms with Crippen molar-refractivity contribution >= 4 is 11.7 Å². The number of carbonyl (C=O) groups is 1. The molecule has 1 spiro atoms. The first kappa shape index (κ1) is 19.0. The molecule has 5 rings (SSSR count). The van der Waals surface area contributed by atoms with Gasteiger partial charge in [-0.25, -0.2) is 14.2 Å². The number of aromatic nitrogens is 1. The van der Waals surface area contributed by atoms with Crippen molar-refractivity contribution in [3.05, 3.63) is 59.2 Å². The number of anilines is 1. The molecule has 30 heavy (non-hydrogen) atoms. The lowest BCUT2D eigenvalue weighted by Gasteiger charge is -2.56. The van der Waals surface area contributed by atoms with Gasteiger partial charge in [-0.1, -0.05) is 19.1 Å². The second-order valence-corrected chi connectivity index (χ2v) is 9.54. The molecule has 0 N–H and O–H groups in total. The zero-order valence-corrected chi connectivity index (χ0v) is 17.4. The molecule has 1 aromatic heterocycles. The van der Waals surface area contributed by atoms with Gasteiger partial charge in [-0.05, 0) is 73.3 Å². The molecule has 1 saturated heterocycles. The van der Waals surface area contributed by atoms with Crippen molar-refractivity contribution < 1.29 is 9.18 Å². The summed E-state index contributed by atoms with van der Waals surface area (Å²) in [6.45, 7) is 5.48. The van der Waals surface area contributed by atoms with E-state index in [2.05, 4.69) is 22.9 Å². The Kier molecular flexibility index (Phi) is 4.15. The largest absolute Gasteiger partial charge is 0.325 e. The Morgan fingerprint density at radius 1 is 1.30 bits per heavy atom. The standard InChI is InChI=1S/C24H25FN4O/c1-16-8-20(10-26)27-11-21(16)28-15-24(29(22(28)30)12-17-6-7-17)13-23(2,14-24)18-4-3-5-19(25)9-18/h3-5,8-9,11,17H,6-7,12-15H2,1-2H3. The molecule has 0 atom stereocenters. The topological polar surface area (TPSA) is 60.2 Å². The van der Waals surface area contributed by atoms with Gasteiger partial charge in [-0.15, -0.1) is 0 Å². The van der Waals surface area contributed by atoms with Crippen LogP contribution in [-0.2, 0) is 5.41 Å². The minimum Gasteiger partial charge on any atom is -0.317 e. The van der Waals surface area contributed by atoms with Gasteiger partial charge in [-0.2, -0.15) is 5.26 Å². The molecule has 1 aliphatic heterocycles. The van der Waals surface area contributed by atoms with Gasteiger partial charge in [0.1, 0.15) is 17.6 Å². The van der Waals surface area contributed by atoms with E-state index in [1.807, 2.05) is 17.9 Å². The first-order valence-corrected chi connectivity index (χ1v) is 10.6. The first-order chi connectivity index (χ1) is 14.3. The highest BCUT2D eigenvalue weighted by Gasteiger charge is 2.62. The van der Waals surface area contributed by atoms with Crippen molar-refractivity contribution in [2.75, 3.05) is 18.0 Å². The molecule has 2 aliphatic carbocycles. The molecule has 3 aliphatic rings. The fourth-order valence-electron chi connectivity index (χ4n) is 5.48. The fraction of sp³-hybridized carbons (Fsp3) is 0.458. The summed E-state index contributed by atoms with van der Waals surface area (Å²) in [6.07, 6.45) is 5.64. The molecule has 2 saturated carbocycles. The van der Waals surface area contributed by atoms with E-state index in [0.717, 1.165) is 36.2 Å². The van der Waals surface area contributed by atoms with Crippen LogP contribution < -0.4 is 4.90 Å². The second-order valence-electron chi connectivity index (χ2n) is 9.54. The van der Waals surface area contributed by atoms with Gasteiger partial charge in [0.25, 0.3) is 0 Å². The average Bonchev–Trinajstić information content (AvgIpc) is 3.48. The number of nitriles is 1. The molecular weight excluding hydrogens is 379 g/mol. The van der Waals surface area contributed by atoms with E-state index in [4.69, 9.17) is 5.26 Å². The van der Waals surface area contributed by atoms with E-state index in [9.17, 15) is 9.18 Å². The zero-order valence-electron chi connectivity index (χ0n) is 17.4. The van der Waals surface area contributed by atoms with E-state index in [1.165, 1.54) is 18.9 Å². The molecule has 5 nitrogen and oxygen atoms in total. The molecule has 0 bridgehead atoms. The highest BCUT2D eigenvalue weighted by Crippen LogP contribution is 2.56. The van der Waals surface area contributed by atoms with Crippen LogP contribution in [0.4, 0.5) is 14.9 Å². The van der Waals surface area contributed by atoms with E-state index in [0.29, 0.717) is 18.2 Å². The minimum atomic E-state index is -0.235. The Hall–Kier alpha value is -2.94. The Balaban J connectivity index is 1.46. The lowest BCUT2D eigenvalue weighted by atomic mass is 9.55. The Labute approximate surface area is 176 Å². The number of hydrogen-bond acceptors (Lipinski definition) is 3. The summed E-state index contributed by atoms with van der Waals surface area (Å²) in [5.41, 5.74) is 2.64. The molecule has 6 heteroatoms. The summed E-state index contributed by atoms with van der Waals surface area (Å²) in [5.74, 6) is 0.375. The van der Waals surface area contributed by atoms with Crippen LogP contribution in [0.15, 0.2) is 36.5 Å². The number of amides is 2. The molecular formula is C24H25FN4O. The Morgan fingerprint density at radius 2 is 2.07 bits per heavy atom. The van der Waals surface area contributed by atoms with Crippen LogP contribution in [0.1, 0.15) is 49.4 Å². The summed E-state index contributed by atoms with van der Waals surface area (Å²) in [4.78, 5) is 21.6. The van der Waals surface area contributed by atoms with E-state index in [1.54, 1.807) is 24.4 Å². The predicted molar refractivity (Wildman–Crippen MR) is 112 cm³/mol. The monoisotopic (exact) mass is 404 g/mol. The normalized spacial score (nSPS) is 28.0. The van der Waals surface area contributed by atoms with Crippen molar-refractivity contribution in [3.63, 3.8) is 0 Å². The van der Waals surface area contributed by atoms with Crippen LogP contribution in [0.5, 0.6) is 0 Å². The van der Waals surface area contributed by atoms with E-state index in [-0.39, 0.29) is 22.8 Å². The minimum absolute atomic E-state index is 0.0257. The third-order valence-corrected chi connectivity index (χ3v) is 7.07. The maximum atomic E-state index is 13.8. The molecule has 2 aromatic rings. The molecule has 2 heterocycles. The summed E-state index contributed by atoms with van der Waals surface area (Å²) < 4.78 is 13.8. The van der Waals surface area contributed by atoms with E-state index < -0.39 is 0 Å². The van der Waals surface area contributed by atoms with Crippen LogP contribution >= 0.6 is 0 Å². The average molecular weight is 404 g/mol. The summed E-state index contributed by atoms with van der Waals surface area (Å²) in [6, 6.07) is 10.7. The number of aryl methyl sites for hydroxylation is 1. The smallest absolute Gasteiger partial charge is 0.317 e. The van der Waals surface area contributed by atoms with Crippen LogP contribution in [0.3, 0.4) is 0 Å². The van der Waals surface area contributed by atoms with Crippen molar-refractivity contribution in [1.82, 2.24) is 9.88 Å². The first-order valence-electron chi connectivity index (χ1n) is 10.6. The number of carbonyl (C=O) groups excluding carboxylic acids is 1. The highest BCUT2D eigenvalue weighted by atomic mass is 19.1. The van der Waals surface area contributed by atoms with Crippen molar-refractivity contribution in [1.29, 1.82) is 5.26 Å². The van der Waals surface area contributed by atoms with Crippen LogP contribution in [0, 0.1) is 30.0 Å². The fourth-order valence-corrected chi connectivity index (χ4v) is 5.48. The summed E-state index contributed by atoms with van der Waals surface area (Å²) in [7, 11) is 0. The number of pyridine rings is 1. The molecule has 2 amide bonds. The molecule has 154 valence electrons. The van der Waals surface area contributed by atoms with Gasteiger partial charge in [-0.3, -0.25) is 4.90 Å². The third kappa shape index (κ3) is 2.96. The van der Waals surface area contributed by atoms with Gasteiger partial charge in [0, 0.05) is 6.54 Å². The van der Waals surface area contributed by atoms with Gasteiger partial charge >= 0.3 is 6.03 Å². The van der Waals surface area contributed by atoms with Crippen LogP contribution in [0.25, 0.3) is 0 Å². The number of rotatable bonds is 4. The maximum Gasteiger partial charge on any atom is 0.325 e. The predicted octanol–water partition coefficient (Wildman–Crippen LogP) is 4.54. The highest BCUT2D eigenvalue weighted by molar-refractivity contribution is 5.96. The van der Waals surface area contributed by atoms with Gasteiger partial charge in [0.15, 0.2) is 0 Å². The Bertz CT molecular complexity index is 1070. The quantitative estimate of drug-likeness (QED) is 0.751. The SMILES string of the molecule is Cc1cc(C#N)ncc1N1CC2(CC(C)(c3cccc(F)c3)C2)N(CC2CC2)C1=O. The van der Waals surface area contributed by atoms with Gasteiger partial charge in [0.2, 0.25) is 0 Å². The summed E-state index contributed by atoms with van der Waals surface area (Å²) >= 11 is 0. The Morgan fingerprint density at radius 3 is 2.70 bits per heavy atom. The van der Waals surface area contributed by atoms with Crippen molar-refractivity contribution in [3.8, 4) is 6.07 Å². The van der Waals surface area contributed by atoms with Gasteiger partial charge < -0.3 is 4.90 Å². The lowest BCUT2D eigenvalue weighted by Crippen LogP contribution is -2.62. The number of halogens is 1. The summed E-state index contributed by atoms with van der Waals surface area (Å²) in [5, 5.41) is 9.11. The molecule has 1 aromatic carbocycles. The number of benzene rings is 1. The van der Waals surface area contributed by atoms with Gasteiger partial charge in [0.05, 0.1) is 24.0 Å². The molecule has 0 radical (unpaired) electrons. The number of urea groups is 1. The van der Waals surface area contributed by atoms with E-state index >= 15 is 0 Å². The molecule has 3 fully saturated rings.